The lowest BCUT2D eigenvalue weighted by Crippen LogP contribution is -2.28. The maximum absolute atomic E-state index is 11.9. The van der Waals surface area contributed by atoms with Crippen LogP contribution in [0.15, 0.2) is 43.9 Å². The van der Waals surface area contributed by atoms with Gasteiger partial charge in [0.05, 0.1) is 26.0 Å². The van der Waals surface area contributed by atoms with Gasteiger partial charge >= 0.3 is 45.9 Å². The molecule has 1 aromatic carbocycles. The summed E-state index contributed by atoms with van der Waals surface area (Å²) in [6, 6.07) is 12.0. The van der Waals surface area contributed by atoms with Crippen LogP contribution in [0.4, 0.5) is 0 Å². The number of hydrogen-bond donors (Lipinski definition) is 2. The largest absolute Gasteiger partial charge is 0.468 e. The topological polar surface area (TPSA) is 354 Å². The molecule has 26 heteroatoms. The Morgan fingerprint density at radius 2 is 1.03 bits per heavy atom. The molecule has 1 N–H and O–H groups in total. The van der Waals surface area contributed by atoms with Crippen molar-refractivity contribution < 1.29 is 75.1 Å². The van der Waals surface area contributed by atoms with Gasteiger partial charge in [-0.1, -0.05) is 22.9 Å². The summed E-state index contributed by atoms with van der Waals surface area (Å²) in [5, 5.41) is 47.6. The Labute approximate surface area is 400 Å². The molecule has 0 amide bonds. The lowest BCUT2D eigenvalue weighted by Gasteiger charge is -2.18. The molecule has 0 spiro atoms. The highest BCUT2D eigenvalue weighted by atomic mass is 32.2. The molecular weight excluding hydrogens is 943 g/mol. The minimum absolute atomic E-state index is 0.0650. The predicted octanol–water partition coefficient (Wildman–Crippen LogP) is 5.05. The van der Waals surface area contributed by atoms with Crippen LogP contribution in [0.5, 0.6) is 0 Å². The van der Waals surface area contributed by atoms with E-state index in [1.165, 1.54) is 38.5 Å². The Morgan fingerprint density at radius 3 is 1.34 bits per heavy atom. The van der Waals surface area contributed by atoms with E-state index in [1.807, 2.05) is 0 Å². The zero-order chi connectivity index (χ0) is 53.4. The summed E-state index contributed by atoms with van der Waals surface area (Å²) in [6.45, 7) is 21.9. The number of ether oxygens (including phenoxy) is 6. The summed E-state index contributed by atoms with van der Waals surface area (Å²) in [7, 11) is -1.63. The normalized spacial score (nSPS) is 11.4. The average Bonchev–Trinajstić information content (AvgIpc) is 3.18. The first-order valence-electron chi connectivity index (χ1n) is 18.8. The van der Waals surface area contributed by atoms with Crippen molar-refractivity contribution in [3.63, 3.8) is 0 Å². The number of aryl methyl sites for hydroxylation is 1. The van der Waals surface area contributed by atoms with Gasteiger partial charge in [-0.15, -0.1) is 0 Å². The molecule has 67 heavy (non-hydrogen) atoms. The van der Waals surface area contributed by atoms with Gasteiger partial charge in [0, 0.05) is 0 Å². The van der Waals surface area contributed by atoms with Gasteiger partial charge in [0.2, 0.25) is 5.71 Å². The maximum Gasteiger partial charge on any atom is 0.372 e. The fraction of sp³-hybridized carbons (Fsp3) is 0.537. The molecule has 0 aliphatic heterocycles. The standard InChI is InChI=1S/C14H16N2O5S.C10H14N2O4S.C7H10N2O3.C7H11NO2.C3H6O2S/c1-10-5-7-11(8-6-10)22(18,19)21-16-12(9-15)13(17)20-14(2,3)4;1-10(2,3)16-9(14)7(5-11)12-17-6-8(13)15-4;1-7(2,3)12-6(10)5(4-8)9-11;1-7(2,3)10-6(9)4-5-8;1-5-3(4)2-6/h5-8H,1-4H3;6H2,1-4H3;11H,1-3H3;4H2,1-3H3;6H,2H2,1H3/b16-12+;;9-5+;;. The van der Waals surface area contributed by atoms with E-state index in [2.05, 4.69) is 41.1 Å². The number of esters is 6. The Morgan fingerprint density at radius 1 is 0.642 bits per heavy atom. The first kappa shape index (κ1) is 66.9. The Bertz CT molecular complexity index is 2180. The molecule has 0 aliphatic rings. The number of hydrogen-bond acceptors (Lipinski definition) is 25. The van der Waals surface area contributed by atoms with E-state index >= 15 is 0 Å². The SMILES string of the molecule is CC(C)(C)OC(=O)/C(C#N)=N/O.CC(C)(C)OC(=O)CC#N.COC(=O)CS.COC(=O)CSN=C(C#N)C(=O)OC(C)(C)C.Cc1ccc(S(=O)(=O)O/N=C(\C#N)C(=O)OC(C)(C)C)cc1. The molecule has 0 saturated heterocycles. The van der Waals surface area contributed by atoms with Crippen molar-refractivity contribution in [1.29, 1.82) is 21.0 Å². The molecule has 1 aromatic rings. The van der Waals surface area contributed by atoms with Gasteiger partial charge in [-0.3, -0.25) is 18.7 Å². The third-order valence-electron chi connectivity index (χ3n) is 5.30. The number of oxime groups is 2. The van der Waals surface area contributed by atoms with Crippen LogP contribution in [0.3, 0.4) is 0 Å². The van der Waals surface area contributed by atoms with Crippen LogP contribution in [0.2, 0.25) is 0 Å². The summed E-state index contributed by atoms with van der Waals surface area (Å²) < 4.78 is 59.7. The summed E-state index contributed by atoms with van der Waals surface area (Å²) in [5.41, 5.74) is -3.65. The van der Waals surface area contributed by atoms with E-state index in [0.717, 1.165) is 17.5 Å². The Hall–Kier alpha value is -6.74. The summed E-state index contributed by atoms with van der Waals surface area (Å²) >= 11 is 4.38. The van der Waals surface area contributed by atoms with E-state index in [-0.39, 0.29) is 34.5 Å². The fourth-order valence-corrected chi connectivity index (χ4v) is 4.23. The molecule has 0 unspecified atom stereocenters. The van der Waals surface area contributed by atoms with Crippen LogP contribution in [0.25, 0.3) is 0 Å². The minimum atomic E-state index is -4.21. The Kier molecular flexibility index (Phi) is 32.8. The number of carbonyl (C=O) groups excluding carboxylic acids is 6. The van der Waals surface area contributed by atoms with Crippen molar-refractivity contribution in [3.05, 3.63) is 29.8 Å². The summed E-state index contributed by atoms with van der Waals surface area (Å²) in [6.07, 6.45) is -0.169. The van der Waals surface area contributed by atoms with Gasteiger partial charge in [0.15, 0.2) is 0 Å². The molecule has 0 atom stereocenters. The van der Waals surface area contributed by atoms with Crippen molar-refractivity contribution in [2.75, 3.05) is 25.7 Å². The second kappa shape index (κ2) is 32.8. The first-order chi connectivity index (χ1) is 30.5. The third kappa shape index (κ3) is 39.4. The molecular formula is C41H57N7O16S3. The van der Waals surface area contributed by atoms with Crippen molar-refractivity contribution in [3.8, 4) is 24.3 Å². The van der Waals surface area contributed by atoms with E-state index in [1.54, 1.807) is 114 Å². The quantitative estimate of drug-likeness (QED) is 0.0557. The van der Waals surface area contributed by atoms with Gasteiger partial charge in [0.25, 0.3) is 11.4 Å². The van der Waals surface area contributed by atoms with Gasteiger partial charge in [-0.25, -0.2) is 14.4 Å². The highest BCUT2D eigenvalue weighted by Crippen LogP contribution is 2.15. The van der Waals surface area contributed by atoms with Crippen LogP contribution in [0.1, 0.15) is 95.1 Å². The van der Waals surface area contributed by atoms with Gasteiger partial charge in [-0.2, -0.15) is 46.5 Å². The maximum atomic E-state index is 11.9. The van der Waals surface area contributed by atoms with Crippen molar-refractivity contribution in [2.24, 2.45) is 14.7 Å². The van der Waals surface area contributed by atoms with Crippen molar-refractivity contribution in [1.82, 2.24) is 0 Å². The molecule has 0 fully saturated rings. The predicted molar refractivity (Wildman–Crippen MR) is 244 cm³/mol. The summed E-state index contributed by atoms with van der Waals surface area (Å²) in [4.78, 5) is 65.1. The molecule has 0 bridgehead atoms. The van der Waals surface area contributed by atoms with Gasteiger partial charge < -0.3 is 33.6 Å². The molecule has 0 aliphatic carbocycles. The molecule has 0 radical (unpaired) electrons. The second-order valence-electron chi connectivity index (χ2n) is 16.0. The van der Waals surface area contributed by atoms with Crippen molar-refractivity contribution >= 4 is 87.6 Å². The number of methoxy groups -OCH3 is 2. The number of carbonyl (C=O) groups is 6. The average molecular weight is 1000 g/mol. The van der Waals surface area contributed by atoms with Gasteiger partial charge in [0.1, 0.15) is 57.7 Å². The van der Waals surface area contributed by atoms with Crippen LogP contribution >= 0.6 is 24.6 Å². The number of thiol groups is 1. The van der Waals surface area contributed by atoms with E-state index in [9.17, 15) is 37.2 Å². The zero-order valence-electron chi connectivity index (χ0n) is 39.9. The van der Waals surface area contributed by atoms with Crippen LogP contribution < -0.4 is 0 Å². The third-order valence-corrected chi connectivity index (χ3v) is 7.35. The lowest BCUT2D eigenvalue weighted by molar-refractivity contribution is -0.153. The Balaban J connectivity index is -0.000000393. The van der Waals surface area contributed by atoms with E-state index in [4.69, 9.17) is 45.2 Å². The van der Waals surface area contributed by atoms with Gasteiger partial charge in [-0.05, 0) is 119 Å². The molecule has 23 nitrogen and oxygen atoms in total. The number of nitriles is 4. The zero-order valence-corrected chi connectivity index (χ0v) is 42.4. The molecule has 1 rings (SSSR count). The number of rotatable bonds is 11. The first-order valence-corrected chi connectivity index (χ1v) is 21.7. The van der Waals surface area contributed by atoms with Crippen molar-refractivity contribution in [2.45, 2.75) is 124 Å². The summed E-state index contributed by atoms with van der Waals surface area (Å²) in [5.74, 6) is -3.94. The lowest BCUT2D eigenvalue weighted by atomic mass is 10.2. The minimum Gasteiger partial charge on any atom is -0.468 e. The van der Waals surface area contributed by atoms with Crippen LogP contribution in [-0.2, 0) is 71.6 Å². The number of benzene rings is 1. The van der Waals surface area contributed by atoms with E-state index < -0.39 is 73.8 Å². The highest BCUT2D eigenvalue weighted by molar-refractivity contribution is 7.98. The monoisotopic (exact) mass is 999 g/mol. The van der Waals surface area contributed by atoms with Crippen LogP contribution in [0, 0.1) is 52.2 Å². The van der Waals surface area contributed by atoms with Crippen LogP contribution in [-0.4, -0.2) is 115 Å². The molecule has 0 saturated carbocycles. The fourth-order valence-electron chi connectivity index (χ4n) is 2.84. The second-order valence-corrected chi connectivity index (χ2v) is 18.6. The number of nitrogens with zero attached hydrogens (tertiary/aromatic N) is 7. The smallest absolute Gasteiger partial charge is 0.372 e. The molecule has 370 valence electrons. The molecule has 0 aromatic heterocycles. The molecule has 0 heterocycles. The van der Waals surface area contributed by atoms with E-state index in [0.29, 0.717) is 0 Å². The highest BCUT2D eigenvalue weighted by Gasteiger charge is 2.25.